The minimum atomic E-state index is -0.661. The maximum atomic E-state index is 13.8. The zero-order valence-electron chi connectivity index (χ0n) is 20.4. The largest absolute Gasteiger partial charge is 0.354 e. The number of hydrogen-bond acceptors (Lipinski definition) is 2. The molecule has 0 spiro atoms. The summed E-state index contributed by atoms with van der Waals surface area (Å²) >= 11 is 12.3. The van der Waals surface area contributed by atoms with Crippen LogP contribution < -0.4 is 5.32 Å². The Morgan fingerprint density at radius 3 is 2.23 bits per heavy atom. The number of hydrogen-bond donors (Lipinski definition) is 1. The zero-order chi connectivity index (χ0) is 25.4. The molecule has 6 heteroatoms. The smallest absolute Gasteiger partial charge is 0.243 e. The van der Waals surface area contributed by atoms with E-state index in [2.05, 4.69) is 5.32 Å². The molecule has 4 nitrogen and oxygen atoms in total. The molecule has 0 heterocycles. The molecule has 0 aliphatic heterocycles. The zero-order valence-corrected chi connectivity index (χ0v) is 21.9. The average molecular weight is 511 g/mol. The molecular weight excluding hydrogens is 479 g/mol. The van der Waals surface area contributed by atoms with Gasteiger partial charge in [-0.25, -0.2) is 0 Å². The van der Waals surface area contributed by atoms with E-state index in [4.69, 9.17) is 23.2 Å². The van der Waals surface area contributed by atoms with Gasteiger partial charge in [-0.1, -0.05) is 97.7 Å². The van der Waals surface area contributed by atoms with Crippen molar-refractivity contribution >= 4 is 35.0 Å². The van der Waals surface area contributed by atoms with Crippen LogP contribution in [0.4, 0.5) is 0 Å². The lowest BCUT2D eigenvalue weighted by Crippen LogP contribution is -2.51. The van der Waals surface area contributed by atoms with Crippen molar-refractivity contribution in [3.63, 3.8) is 0 Å². The number of carbonyl (C=O) groups excluding carboxylic acids is 2. The van der Waals surface area contributed by atoms with Gasteiger partial charge in [0.1, 0.15) is 6.04 Å². The van der Waals surface area contributed by atoms with Crippen molar-refractivity contribution in [2.45, 2.75) is 46.2 Å². The predicted molar refractivity (Wildman–Crippen MR) is 144 cm³/mol. The van der Waals surface area contributed by atoms with Crippen LogP contribution in [0.15, 0.2) is 72.8 Å². The lowest BCUT2D eigenvalue weighted by molar-refractivity contribution is -0.140. The standard InChI is InChI=1S/C29H32Cl2N2O2/c1-20(2)18-32-29(35)27(16-22-10-5-4-6-11-22)33(19-24-12-8-7-9-21(24)3)28(34)17-23-13-14-25(30)26(31)15-23/h4-15,20,27H,16-19H2,1-3H3,(H,32,35). The summed E-state index contributed by atoms with van der Waals surface area (Å²) in [6.07, 6.45) is 0.537. The first-order valence-electron chi connectivity index (χ1n) is 11.8. The molecule has 3 aromatic rings. The van der Waals surface area contributed by atoms with Gasteiger partial charge in [-0.3, -0.25) is 9.59 Å². The summed E-state index contributed by atoms with van der Waals surface area (Å²) in [6, 6.07) is 22.3. The van der Waals surface area contributed by atoms with Gasteiger partial charge in [0.2, 0.25) is 11.8 Å². The Morgan fingerprint density at radius 1 is 0.886 bits per heavy atom. The Morgan fingerprint density at radius 2 is 1.57 bits per heavy atom. The van der Waals surface area contributed by atoms with Crippen LogP contribution in [0.5, 0.6) is 0 Å². The molecule has 1 N–H and O–H groups in total. The summed E-state index contributed by atoms with van der Waals surface area (Å²) < 4.78 is 0. The molecular formula is C29H32Cl2N2O2. The lowest BCUT2D eigenvalue weighted by Gasteiger charge is -2.32. The number of benzene rings is 3. The van der Waals surface area contributed by atoms with E-state index in [0.717, 1.165) is 22.3 Å². The van der Waals surface area contributed by atoms with E-state index in [0.29, 0.717) is 35.5 Å². The highest BCUT2D eigenvalue weighted by atomic mass is 35.5. The highest BCUT2D eigenvalue weighted by Crippen LogP contribution is 2.24. The van der Waals surface area contributed by atoms with E-state index in [-0.39, 0.29) is 18.2 Å². The van der Waals surface area contributed by atoms with Crippen LogP contribution >= 0.6 is 23.2 Å². The van der Waals surface area contributed by atoms with Crippen molar-refractivity contribution in [2.24, 2.45) is 5.92 Å². The van der Waals surface area contributed by atoms with Crippen LogP contribution in [-0.4, -0.2) is 29.3 Å². The SMILES string of the molecule is Cc1ccccc1CN(C(=O)Cc1ccc(Cl)c(Cl)c1)C(Cc1ccccc1)C(=O)NCC(C)C. The molecule has 1 unspecified atom stereocenters. The summed E-state index contributed by atoms with van der Waals surface area (Å²) in [5.74, 6) is -0.000972. The van der Waals surface area contributed by atoms with Crippen molar-refractivity contribution in [1.29, 1.82) is 0 Å². The summed E-state index contributed by atoms with van der Waals surface area (Å²) in [7, 11) is 0. The molecule has 3 rings (SSSR count). The maximum Gasteiger partial charge on any atom is 0.243 e. The highest BCUT2D eigenvalue weighted by molar-refractivity contribution is 6.42. The van der Waals surface area contributed by atoms with Crippen molar-refractivity contribution in [1.82, 2.24) is 10.2 Å². The second-order valence-corrected chi connectivity index (χ2v) is 10.0. The summed E-state index contributed by atoms with van der Waals surface area (Å²) in [4.78, 5) is 29.0. The molecule has 0 saturated heterocycles. The molecule has 0 aliphatic carbocycles. The van der Waals surface area contributed by atoms with Gasteiger partial charge in [-0.05, 0) is 47.2 Å². The number of halogens is 2. The second-order valence-electron chi connectivity index (χ2n) is 9.22. The van der Waals surface area contributed by atoms with Gasteiger partial charge in [-0.15, -0.1) is 0 Å². The highest BCUT2D eigenvalue weighted by Gasteiger charge is 2.30. The topological polar surface area (TPSA) is 49.4 Å². The normalized spacial score (nSPS) is 11.8. The van der Waals surface area contributed by atoms with Crippen molar-refractivity contribution in [2.75, 3.05) is 6.54 Å². The first-order chi connectivity index (χ1) is 16.7. The third kappa shape index (κ3) is 7.84. The molecule has 0 fully saturated rings. The van der Waals surface area contributed by atoms with Crippen molar-refractivity contribution in [3.05, 3.63) is 105 Å². The van der Waals surface area contributed by atoms with Gasteiger partial charge < -0.3 is 10.2 Å². The fourth-order valence-electron chi connectivity index (χ4n) is 3.87. The molecule has 1 atom stereocenters. The molecule has 0 bridgehead atoms. The van der Waals surface area contributed by atoms with E-state index < -0.39 is 6.04 Å². The third-order valence-corrected chi connectivity index (χ3v) is 6.64. The molecule has 184 valence electrons. The Kier molecular flexibility index (Phi) is 9.76. The van der Waals surface area contributed by atoms with Crippen LogP contribution in [-0.2, 0) is 29.0 Å². The van der Waals surface area contributed by atoms with Crippen molar-refractivity contribution in [3.8, 4) is 0 Å². The molecule has 2 amide bonds. The number of carbonyl (C=O) groups is 2. The monoisotopic (exact) mass is 510 g/mol. The van der Waals surface area contributed by atoms with Crippen LogP contribution in [0.1, 0.15) is 36.1 Å². The molecule has 3 aromatic carbocycles. The molecule has 0 aromatic heterocycles. The molecule has 0 saturated carbocycles. The van der Waals surface area contributed by atoms with Gasteiger partial charge in [0.25, 0.3) is 0 Å². The molecule has 0 aliphatic rings. The quantitative estimate of drug-likeness (QED) is 0.350. The summed E-state index contributed by atoms with van der Waals surface area (Å²) in [5, 5.41) is 3.89. The Bertz CT molecular complexity index is 1150. The van der Waals surface area contributed by atoms with Crippen LogP contribution in [0.2, 0.25) is 10.0 Å². The van der Waals surface area contributed by atoms with E-state index in [1.54, 1.807) is 23.1 Å². The Balaban J connectivity index is 1.98. The van der Waals surface area contributed by atoms with Crippen LogP contribution in [0.25, 0.3) is 0 Å². The molecule has 0 radical (unpaired) electrons. The van der Waals surface area contributed by atoms with Gasteiger partial charge in [-0.2, -0.15) is 0 Å². The van der Waals surface area contributed by atoms with Gasteiger partial charge >= 0.3 is 0 Å². The van der Waals surface area contributed by atoms with E-state index in [9.17, 15) is 9.59 Å². The number of rotatable bonds is 10. The van der Waals surface area contributed by atoms with Crippen LogP contribution in [0.3, 0.4) is 0 Å². The van der Waals surface area contributed by atoms with Gasteiger partial charge in [0.05, 0.1) is 16.5 Å². The summed E-state index contributed by atoms with van der Waals surface area (Å²) in [6.45, 7) is 6.99. The average Bonchev–Trinajstić information content (AvgIpc) is 2.83. The van der Waals surface area contributed by atoms with Crippen molar-refractivity contribution < 1.29 is 9.59 Å². The maximum absolute atomic E-state index is 13.8. The predicted octanol–water partition coefficient (Wildman–Crippen LogP) is 6.26. The van der Waals surface area contributed by atoms with Gasteiger partial charge in [0, 0.05) is 19.5 Å². The number of nitrogens with zero attached hydrogens (tertiary/aromatic N) is 1. The first kappa shape index (κ1) is 26.8. The lowest BCUT2D eigenvalue weighted by atomic mass is 10.00. The minimum Gasteiger partial charge on any atom is -0.354 e. The minimum absolute atomic E-state index is 0.117. The van der Waals surface area contributed by atoms with E-state index in [1.807, 2.05) is 75.4 Å². The number of amides is 2. The number of nitrogens with one attached hydrogen (secondary N) is 1. The second kappa shape index (κ2) is 12.8. The van der Waals surface area contributed by atoms with Gasteiger partial charge in [0.15, 0.2) is 0 Å². The first-order valence-corrected chi connectivity index (χ1v) is 12.6. The van der Waals surface area contributed by atoms with E-state index >= 15 is 0 Å². The van der Waals surface area contributed by atoms with E-state index in [1.165, 1.54) is 0 Å². The summed E-state index contributed by atoms with van der Waals surface area (Å²) in [5.41, 5.74) is 3.82. The Labute approximate surface area is 218 Å². The fraction of sp³-hybridized carbons (Fsp3) is 0.310. The number of aryl methyl sites for hydroxylation is 1. The fourth-order valence-corrected chi connectivity index (χ4v) is 4.19. The third-order valence-electron chi connectivity index (χ3n) is 5.90. The van der Waals surface area contributed by atoms with Crippen LogP contribution in [0, 0.1) is 12.8 Å². The molecule has 35 heavy (non-hydrogen) atoms. The Hall–Kier alpha value is -2.82.